The summed E-state index contributed by atoms with van der Waals surface area (Å²) in [5.41, 5.74) is 1.90. The van der Waals surface area contributed by atoms with E-state index in [0.29, 0.717) is 11.3 Å². The molecule has 5 nitrogen and oxygen atoms in total. The normalized spacial score (nSPS) is 16.4. The van der Waals surface area contributed by atoms with Crippen molar-refractivity contribution in [3.05, 3.63) is 81.5 Å². The zero-order valence-electron chi connectivity index (χ0n) is 14.9. The molecule has 1 amide bonds. The molecule has 27 heavy (non-hydrogen) atoms. The minimum atomic E-state index is -1.05. The fourth-order valence-corrected chi connectivity index (χ4v) is 4.54. The molecule has 1 atom stereocenters. The highest BCUT2D eigenvalue weighted by atomic mass is 32.1. The number of nitrogens with zero attached hydrogens (tertiary/aromatic N) is 2. The fraction of sp³-hybridized carbons (Fsp3) is 0.143. The van der Waals surface area contributed by atoms with Crippen molar-refractivity contribution in [2.45, 2.75) is 13.1 Å². The zero-order valence-corrected chi connectivity index (χ0v) is 15.7. The molecule has 1 N–H and O–H groups in total. The van der Waals surface area contributed by atoms with Crippen molar-refractivity contribution in [3.8, 4) is 0 Å². The van der Waals surface area contributed by atoms with Crippen LogP contribution >= 0.6 is 11.3 Å². The van der Waals surface area contributed by atoms with Crippen LogP contribution in [-0.2, 0) is 0 Å². The highest BCUT2D eigenvalue weighted by Crippen LogP contribution is 2.43. The van der Waals surface area contributed by atoms with Crippen molar-refractivity contribution in [1.29, 1.82) is 0 Å². The molecule has 0 aliphatic carbocycles. The molecule has 2 aromatic carbocycles. The number of aromatic carboxylic acids is 1. The Morgan fingerprint density at radius 3 is 2.33 bits per heavy atom. The number of anilines is 2. The van der Waals surface area contributed by atoms with Crippen LogP contribution in [0.25, 0.3) is 0 Å². The summed E-state index contributed by atoms with van der Waals surface area (Å²) < 4.78 is 0. The van der Waals surface area contributed by atoms with E-state index >= 15 is 0 Å². The third-order valence-electron chi connectivity index (χ3n) is 4.75. The Bertz CT molecular complexity index is 1040. The van der Waals surface area contributed by atoms with Crippen molar-refractivity contribution in [3.63, 3.8) is 0 Å². The summed E-state index contributed by atoms with van der Waals surface area (Å²) in [6, 6.07) is 18.1. The number of amides is 1. The van der Waals surface area contributed by atoms with Gasteiger partial charge in [0.05, 0.1) is 22.5 Å². The first kappa shape index (κ1) is 17.3. The lowest BCUT2D eigenvalue weighted by Crippen LogP contribution is -2.48. The Labute approximate surface area is 161 Å². The van der Waals surface area contributed by atoms with Gasteiger partial charge in [-0.05, 0) is 43.3 Å². The fourth-order valence-electron chi connectivity index (χ4n) is 3.52. The summed E-state index contributed by atoms with van der Waals surface area (Å²) >= 11 is 1.60. The van der Waals surface area contributed by atoms with Gasteiger partial charge in [-0.25, -0.2) is 4.79 Å². The molecule has 2 heterocycles. The molecule has 0 bridgehead atoms. The molecular formula is C21H18N2O3S. The maximum atomic E-state index is 13.4. The van der Waals surface area contributed by atoms with Gasteiger partial charge in [0.15, 0.2) is 0 Å². The second-order valence-electron chi connectivity index (χ2n) is 6.45. The van der Waals surface area contributed by atoms with E-state index < -0.39 is 12.1 Å². The number of benzene rings is 2. The van der Waals surface area contributed by atoms with Crippen molar-refractivity contribution in [2.75, 3.05) is 16.8 Å². The number of rotatable bonds is 3. The first-order chi connectivity index (χ1) is 13.0. The third kappa shape index (κ3) is 2.78. The highest BCUT2D eigenvalue weighted by Gasteiger charge is 2.39. The van der Waals surface area contributed by atoms with Crippen LogP contribution in [0.3, 0.4) is 0 Å². The second kappa shape index (κ2) is 6.55. The molecule has 0 radical (unpaired) electrons. The number of carboxylic acids is 1. The number of aryl methyl sites for hydroxylation is 1. The summed E-state index contributed by atoms with van der Waals surface area (Å²) in [5.74, 6) is -1.26. The summed E-state index contributed by atoms with van der Waals surface area (Å²) in [7, 11) is 1.93. The first-order valence-corrected chi connectivity index (χ1v) is 9.35. The molecule has 4 rings (SSSR count). The predicted molar refractivity (Wildman–Crippen MR) is 107 cm³/mol. The third-order valence-corrected chi connectivity index (χ3v) is 5.79. The molecular weight excluding hydrogens is 360 g/mol. The minimum absolute atomic E-state index is 0.108. The molecule has 0 fully saturated rings. The van der Waals surface area contributed by atoms with Gasteiger partial charge < -0.3 is 10.0 Å². The van der Waals surface area contributed by atoms with Crippen molar-refractivity contribution >= 4 is 34.6 Å². The van der Waals surface area contributed by atoms with Gasteiger partial charge in [-0.3, -0.25) is 9.69 Å². The van der Waals surface area contributed by atoms with Crippen LogP contribution in [0.5, 0.6) is 0 Å². The molecule has 0 saturated heterocycles. The largest absolute Gasteiger partial charge is 0.478 e. The number of para-hydroxylation sites is 2. The topological polar surface area (TPSA) is 60.9 Å². The lowest BCUT2D eigenvalue weighted by molar-refractivity contribution is 0.0697. The Balaban J connectivity index is 1.97. The maximum absolute atomic E-state index is 13.4. The van der Waals surface area contributed by atoms with Crippen LogP contribution in [0, 0.1) is 6.92 Å². The molecule has 1 unspecified atom stereocenters. The predicted octanol–water partition coefficient (Wildman–Crippen LogP) is 4.55. The molecule has 0 spiro atoms. The molecule has 6 heteroatoms. The van der Waals surface area contributed by atoms with E-state index in [2.05, 4.69) is 0 Å². The van der Waals surface area contributed by atoms with Gasteiger partial charge in [-0.15, -0.1) is 11.3 Å². The Hall–Kier alpha value is -3.12. The quantitative estimate of drug-likeness (QED) is 0.726. The maximum Gasteiger partial charge on any atom is 0.337 e. The Morgan fingerprint density at radius 2 is 1.67 bits per heavy atom. The molecule has 1 aliphatic rings. The second-order valence-corrected chi connectivity index (χ2v) is 7.77. The average Bonchev–Trinajstić information content (AvgIpc) is 3.10. The van der Waals surface area contributed by atoms with Crippen LogP contribution in [0.4, 0.5) is 11.4 Å². The zero-order chi connectivity index (χ0) is 19.1. The van der Waals surface area contributed by atoms with E-state index in [0.717, 1.165) is 15.4 Å². The number of carboxylic acid groups (broad SMARTS) is 1. The minimum Gasteiger partial charge on any atom is -0.478 e. The summed E-state index contributed by atoms with van der Waals surface area (Å²) in [6.45, 7) is 2.02. The Morgan fingerprint density at radius 1 is 1.00 bits per heavy atom. The van der Waals surface area contributed by atoms with Crippen LogP contribution < -0.4 is 9.80 Å². The van der Waals surface area contributed by atoms with Gasteiger partial charge in [0.1, 0.15) is 6.17 Å². The van der Waals surface area contributed by atoms with E-state index in [4.69, 9.17) is 0 Å². The smallest absolute Gasteiger partial charge is 0.337 e. The SMILES string of the molecule is Cc1ccc(C2N(C)c3ccccc3C(=O)N2c2ccccc2C(=O)O)s1. The monoisotopic (exact) mass is 378 g/mol. The van der Waals surface area contributed by atoms with Crippen molar-refractivity contribution in [2.24, 2.45) is 0 Å². The van der Waals surface area contributed by atoms with Crippen LogP contribution in [0.1, 0.15) is 36.6 Å². The van der Waals surface area contributed by atoms with Crippen molar-refractivity contribution in [1.82, 2.24) is 0 Å². The van der Waals surface area contributed by atoms with E-state index in [1.165, 1.54) is 6.07 Å². The molecule has 1 aliphatic heterocycles. The molecule has 1 aromatic heterocycles. The number of hydrogen-bond acceptors (Lipinski definition) is 4. The van der Waals surface area contributed by atoms with Crippen LogP contribution in [-0.4, -0.2) is 24.0 Å². The average molecular weight is 378 g/mol. The summed E-state index contributed by atoms with van der Waals surface area (Å²) in [6.07, 6.45) is -0.411. The summed E-state index contributed by atoms with van der Waals surface area (Å²) in [5, 5.41) is 9.66. The molecule has 3 aromatic rings. The van der Waals surface area contributed by atoms with Crippen LogP contribution in [0.2, 0.25) is 0 Å². The highest BCUT2D eigenvalue weighted by molar-refractivity contribution is 7.12. The lowest BCUT2D eigenvalue weighted by atomic mass is 10.0. The Kier molecular flexibility index (Phi) is 4.20. The number of carbonyl (C=O) groups excluding carboxylic acids is 1. The number of carbonyl (C=O) groups is 2. The first-order valence-electron chi connectivity index (χ1n) is 8.53. The van der Waals surface area contributed by atoms with E-state index in [9.17, 15) is 14.7 Å². The lowest BCUT2D eigenvalue weighted by Gasteiger charge is -2.43. The van der Waals surface area contributed by atoms with Crippen molar-refractivity contribution < 1.29 is 14.7 Å². The van der Waals surface area contributed by atoms with Gasteiger partial charge in [0, 0.05) is 16.8 Å². The van der Waals surface area contributed by atoms with Gasteiger partial charge in [0.2, 0.25) is 0 Å². The standard InChI is InChI=1S/C21H18N2O3S/c1-13-11-12-18(27-13)19-22(2)16-9-5-3-7-14(16)20(24)23(19)17-10-6-4-8-15(17)21(25)26/h3-12,19H,1-2H3,(H,25,26). The molecule has 0 saturated carbocycles. The number of hydrogen-bond donors (Lipinski definition) is 1. The summed E-state index contributed by atoms with van der Waals surface area (Å²) in [4.78, 5) is 31.0. The number of thiophene rings is 1. The van der Waals surface area contributed by atoms with E-state index in [-0.39, 0.29) is 11.5 Å². The van der Waals surface area contributed by atoms with Crippen LogP contribution in [0.15, 0.2) is 60.7 Å². The van der Waals surface area contributed by atoms with Gasteiger partial charge in [-0.1, -0.05) is 24.3 Å². The van der Waals surface area contributed by atoms with E-state index in [1.54, 1.807) is 40.5 Å². The van der Waals surface area contributed by atoms with E-state index in [1.807, 2.05) is 49.2 Å². The molecule has 136 valence electrons. The van der Waals surface area contributed by atoms with Gasteiger partial charge in [0.25, 0.3) is 5.91 Å². The van der Waals surface area contributed by atoms with Gasteiger partial charge >= 0.3 is 5.97 Å². The van der Waals surface area contributed by atoms with Gasteiger partial charge in [-0.2, -0.15) is 0 Å². The number of fused-ring (bicyclic) bond motifs is 1.